The Morgan fingerprint density at radius 2 is 2.14 bits per heavy atom. The molecule has 0 aliphatic heterocycles. The zero-order chi connectivity index (χ0) is 10.2. The summed E-state index contributed by atoms with van der Waals surface area (Å²) in [5.74, 6) is 0.640. The van der Waals surface area contributed by atoms with E-state index in [-0.39, 0.29) is 0 Å². The maximum Gasteiger partial charge on any atom is 0.139 e. The second kappa shape index (κ2) is 3.10. The molecule has 2 rings (SSSR count). The molecule has 1 heterocycles. The van der Waals surface area contributed by atoms with Crippen LogP contribution in [0.2, 0.25) is 0 Å². The summed E-state index contributed by atoms with van der Waals surface area (Å²) < 4.78 is 0. The number of hydrogen-bond donors (Lipinski definition) is 2. The largest absolute Gasteiger partial charge is 0.382 e. The van der Waals surface area contributed by atoms with Gasteiger partial charge in [0.05, 0.1) is 11.0 Å². The van der Waals surface area contributed by atoms with E-state index in [1.165, 1.54) is 0 Å². The summed E-state index contributed by atoms with van der Waals surface area (Å²) in [6.07, 6.45) is 0.646. The molecule has 0 aliphatic carbocycles. The molecule has 3 nitrogen and oxygen atoms in total. The molecule has 74 valence electrons. The minimum absolute atomic E-state index is 0.640. The molecule has 0 aliphatic rings. The van der Waals surface area contributed by atoms with Crippen molar-refractivity contribution >= 4 is 11.0 Å². The molecule has 14 heavy (non-hydrogen) atoms. The lowest BCUT2D eigenvalue weighted by Crippen LogP contribution is -2.21. The van der Waals surface area contributed by atoms with Crippen LogP contribution >= 0.6 is 0 Å². The van der Waals surface area contributed by atoms with Crippen molar-refractivity contribution in [2.75, 3.05) is 0 Å². The first-order valence-electron chi connectivity index (χ1n) is 4.81. The van der Waals surface area contributed by atoms with Gasteiger partial charge in [0.15, 0.2) is 0 Å². The van der Waals surface area contributed by atoms with Gasteiger partial charge in [-0.2, -0.15) is 0 Å². The van der Waals surface area contributed by atoms with Crippen LogP contribution in [-0.2, 0) is 5.60 Å². The second-order valence-corrected chi connectivity index (χ2v) is 3.73. The summed E-state index contributed by atoms with van der Waals surface area (Å²) in [6.45, 7) is 3.71. The lowest BCUT2D eigenvalue weighted by Gasteiger charge is -2.17. The zero-order valence-corrected chi connectivity index (χ0v) is 8.41. The van der Waals surface area contributed by atoms with Crippen molar-refractivity contribution < 1.29 is 5.11 Å². The Kier molecular flexibility index (Phi) is 2.04. The van der Waals surface area contributed by atoms with Crippen molar-refractivity contribution in [2.24, 2.45) is 0 Å². The van der Waals surface area contributed by atoms with Crippen molar-refractivity contribution in [1.82, 2.24) is 9.97 Å². The molecule has 1 atom stereocenters. The van der Waals surface area contributed by atoms with E-state index in [1.807, 2.05) is 31.2 Å². The average Bonchev–Trinajstić information content (AvgIpc) is 2.61. The molecule has 0 radical (unpaired) electrons. The number of fused-ring (bicyclic) bond motifs is 1. The van der Waals surface area contributed by atoms with Crippen LogP contribution in [0.3, 0.4) is 0 Å². The number of aromatic amines is 1. The van der Waals surface area contributed by atoms with Gasteiger partial charge >= 0.3 is 0 Å². The first-order valence-corrected chi connectivity index (χ1v) is 4.81. The molecule has 1 aromatic heterocycles. The molecule has 0 bridgehead atoms. The number of nitrogens with one attached hydrogen (secondary N) is 1. The van der Waals surface area contributed by atoms with Crippen LogP contribution in [0.25, 0.3) is 11.0 Å². The molecular weight excluding hydrogens is 176 g/mol. The lowest BCUT2D eigenvalue weighted by atomic mass is 10.0. The normalized spacial score (nSPS) is 15.6. The number of benzene rings is 1. The van der Waals surface area contributed by atoms with Gasteiger partial charge in [0.25, 0.3) is 0 Å². The highest BCUT2D eigenvalue weighted by Gasteiger charge is 2.24. The van der Waals surface area contributed by atoms with Gasteiger partial charge in [-0.3, -0.25) is 0 Å². The molecule has 0 saturated carbocycles. The third-order valence-electron chi connectivity index (χ3n) is 2.59. The summed E-state index contributed by atoms with van der Waals surface area (Å²) >= 11 is 0. The Labute approximate surface area is 82.8 Å². The quantitative estimate of drug-likeness (QED) is 0.762. The van der Waals surface area contributed by atoms with Crippen molar-refractivity contribution in [2.45, 2.75) is 25.9 Å². The monoisotopic (exact) mass is 190 g/mol. The molecule has 0 unspecified atom stereocenters. The maximum absolute atomic E-state index is 10.0. The van der Waals surface area contributed by atoms with Crippen LogP contribution in [-0.4, -0.2) is 15.1 Å². The first kappa shape index (κ1) is 9.21. The number of aromatic nitrogens is 2. The van der Waals surface area contributed by atoms with Crippen molar-refractivity contribution in [3.63, 3.8) is 0 Å². The van der Waals surface area contributed by atoms with Gasteiger partial charge in [0.2, 0.25) is 0 Å². The van der Waals surface area contributed by atoms with E-state index in [2.05, 4.69) is 9.97 Å². The molecule has 3 heteroatoms. The molecule has 2 aromatic rings. The number of rotatable bonds is 2. The SMILES string of the molecule is CC[C@@](C)(O)c1nc2ccccc2[nH]1. The number of nitrogens with zero attached hydrogens (tertiary/aromatic N) is 1. The molecule has 0 amide bonds. The van der Waals surface area contributed by atoms with Crippen molar-refractivity contribution in [3.05, 3.63) is 30.1 Å². The highest BCUT2D eigenvalue weighted by atomic mass is 16.3. The fraction of sp³-hybridized carbons (Fsp3) is 0.364. The Balaban J connectivity index is 2.55. The summed E-state index contributed by atoms with van der Waals surface area (Å²) in [7, 11) is 0. The number of aliphatic hydroxyl groups is 1. The fourth-order valence-electron chi connectivity index (χ4n) is 1.38. The molecular formula is C11H14N2O. The van der Waals surface area contributed by atoms with Gasteiger partial charge in [-0.15, -0.1) is 0 Å². The number of H-pyrrole nitrogens is 1. The van der Waals surface area contributed by atoms with E-state index in [0.717, 1.165) is 11.0 Å². The summed E-state index contributed by atoms with van der Waals surface area (Å²) in [4.78, 5) is 7.48. The van der Waals surface area contributed by atoms with Crippen LogP contribution in [0.5, 0.6) is 0 Å². The van der Waals surface area contributed by atoms with E-state index >= 15 is 0 Å². The number of hydrogen-bond acceptors (Lipinski definition) is 2. The van der Waals surface area contributed by atoms with Gasteiger partial charge in [-0.05, 0) is 25.5 Å². The summed E-state index contributed by atoms with van der Waals surface area (Å²) in [5, 5.41) is 10.0. The third-order valence-corrected chi connectivity index (χ3v) is 2.59. The van der Waals surface area contributed by atoms with Gasteiger partial charge in [0, 0.05) is 0 Å². The van der Waals surface area contributed by atoms with E-state index < -0.39 is 5.60 Å². The lowest BCUT2D eigenvalue weighted by molar-refractivity contribution is 0.0448. The van der Waals surface area contributed by atoms with Crippen LogP contribution in [0.15, 0.2) is 24.3 Å². The standard InChI is InChI=1S/C11H14N2O/c1-3-11(2,14)10-12-8-6-4-5-7-9(8)13-10/h4-7,14H,3H2,1-2H3,(H,12,13)/t11-/m1/s1. The maximum atomic E-state index is 10.0. The van der Waals surface area contributed by atoms with Crippen LogP contribution in [0.4, 0.5) is 0 Å². The minimum Gasteiger partial charge on any atom is -0.382 e. The summed E-state index contributed by atoms with van der Waals surface area (Å²) in [5.41, 5.74) is 1.01. The van der Waals surface area contributed by atoms with Gasteiger partial charge in [-0.25, -0.2) is 4.98 Å². The predicted molar refractivity (Wildman–Crippen MR) is 56.0 cm³/mol. The molecule has 2 N–H and O–H groups in total. The molecule has 0 spiro atoms. The zero-order valence-electron chi connectivity index (χ0n) is 8.41. The van der Waals surface area contributed by atoms with Gasteiger partial charge in [-0.1, -0.05) is 19.1 Å². The van der Waals surface area contributed by atoms with Crippen molar-refractivity contribution in [3.8, 4) is 0 Å². The average molecular weight is 190 g/mol. The van der Waals surface area contributed by atoms with Gasteiger partial charge in [0.1, 0.15) is 11.4 Å². The van der Waals surface area contributed by atoms with Crippen LogP contribution in [0, 0.1) is 0 Å². The predicted octanol–water partition coefficient (Wildman–Crippen LogP) is 2.18. The van der Waals surface area contributed by atoms with E-state index in [1.54, 1.807) is 6.92 Å². The Hall–Kier alpha value is -1.35. The Bertz CT molecular complexity index is 412. The van der Waals surface area contributed by atoms with Crippen LogP contribution < -0.4 is 0 Å². The first-order chi connectivity index (χ1) is 6.63. The fourth-order valence-corrected chi connectivity index (χ4v) is 1.38. The van der Waals surface area contributed by atoms with E-state index in [0.29, 0.717) is 12.2 Å². The minimum atomic E-state index is -0.862. The summed E-state index contributed by atoms with van der Waals surface area (Å²) in [6, 6.07) is 7.78. The topological polar surface area (TPSA) is 48.9 Å². The smallest absolute Gasteiger partial charge is 0.139 e. The number of para-hydroxylation sites is 2. The molecule has 1 aromatic carbocycles. The van der Waals surface area contributed by atoms with Crippen LogP contribution in [0.1, 0.15) is 26.1 Å². The van der Waals surface area contributed by atoms with E-state index in [9.17, 15) is 5.11 Å². The van der Waals surface area contributed by atoms with Crippen molar-refractivity contribution in [1.29, 1.82) is 0 Å². The highest BCUT2D eigenvalue weighted by molar-refractivity contribution is 5.74. The van der Waals surface area contributed by atoms with E-state index in [4.69, 9.17) is 0 Å². The molecule has 0 saturated heterocycles. The Morgan fingerprint density at radius 3 is 2.79 bits per heavy atom. The number of imidazole rings is 1. The second-order valence-electron chi connectivity index (χ2n) is 3.73. The molecule has 0 fully saturated rings. The highest BCUT2D eigenvalue weighted by Crippen LogP contribution is 2.23. The van der Waals surface area contributed by atoms with Gasteiger partial charge < -0.3 is 10.1 Å². The Morgan fingerprint density at radius 1 is 1.43 bits per heavy atom. The third kappa shape index (κ3) is 1.40.